The van der Waals surface area contributed by atoms with Crippen molar-refractivity contribution in [1.82, 2.24) is 14.8 Å². The van der Waals surface area contributed by atoms with Crippen molar-refractivity contribution in [1.29, 1.82) is 0 Å². The number of aliphatic hydroxyl groups excluding tert-OH is 1. The number of aryl methyl sites for hydroxylation is 2. The van der Waals surface area contributed by atoms with Crippen molar-refractivity contribution >= 4 is 34.3 Å². The van der Waals surface area contributed by atoms with Gasteiger partial charge in [-0.05, 0) is 19.9 Å². The van der Waals surface area contributed by atoms with Crippen LogP contribution in [0.2, 0.25) is 5.02 Å². The van der Waals surface area contributed by atoms with Crippen molar-refractivity contribution in [2.75, 3.05) is 18.5 Å². The highest BCUT2D eigenvalue weighted by Gasteiger charge is 2.21. The van der Waals surface area contributed by atoms with E-state index in [-0.39, 0.29) is 13.2 Å². The zero-order chi connectivity index (χ0) is 19.6. The van der Waals surface area contributed by atoms with Gasteiger partial charge in [0.2, 0.25) is 0 Å². The van der Waals surface area contributed by atoms with Gasteiger partial charge in [0.15, 0.2) is 5.65 Å². The molecule has 0 saturated carbocycles. The normalized spacial score (nSPS) is 12.2. The summed E-state index contributed by atoms with van der Waals surface area (Å²) < 4.78 is 6.79. The molecule has 0 aliphatic rings. The fourth-order valence-corrected chi connectivity index (χ4v) is 3.27. The average Bonchev–Trinajstić information content (AvgIpc) is 2.94. The number of carbonyl (C=O) groups excluding carboxylic acids is 1. The molecule has 2 N–H and O–H groups in total. The van der Waals surface area contributed by atoms with Gasteiger partial charge >= 0.3 is 5.97 Å². The Morgan fingerprint density at radius 3 is 2.85 bits per heavy atom. The topological polar surface area (TPSA) is 89.3 Å². The Morgan fingerprint density at radius 1 is 1.41 bits per heavy atom. The van der Waals surface area contributed by atoms with E-state index in [1.807, 2.05) is 13.0 Å². The quantitative estimate of drug-likeness (QED) is 0.630. The van der Waals surface area contributed by atoms with Gasteiger partial charge in [0, 0.05) is 30.4 Å². The molecule has 0 radical (unpaired) electrons. The van der Waals surface area contributed by atoms with E-state index >= 15 is 0 Å². The van der Waals surface area contributed by atoms with Crippen LogP contribution in [0, 0.1) is 6.92 Å². The molecule has 1 aromatic carbocycles. The second-order valence-corrected chi connectivity index (χ2v) is 6.50. The maximum Gasteiger partial charge on any atom is 0.341 e. The number of hydrogen-bond acceptors (Lipinski definition) is 6. The van der Waals surface area contributed by atoms with Gasteiger partial charge in [-0.1, -0.05) is 29.8 Å². The molecule has 0 aliphatic carbocycles. The number of aliphatic hydroxyl groups is 1. The molecule has 0 aliphatic heterocycles. The summed E-state index contributed by atoms with van der Waals surface area (Å²) in [6.45, 7) is 4.00. The van der Waals surface area contributed by atoms with Gasteiger partial charge in [-0.15, -0.1) is 0 Å². The molecule has 1 atom stereocenters. The molecule has 27 heavy (non-hydrogen) atoms. The van der Waals surface area contributed by atoms with Crippen molar-refractivity contribution in [3.05, 3.63) is 52.3 Å². The summed E-state index contributed by atoms with van der Waals surface area (Å²) >= 11 is 6.16. The number of halogens is 1. The van der Waals surface area contributed by atoms with E-state index in [0.717, 1.165) is 11.1 Å². The van der Waals surface area contributed by atoms with Crippen LogP contribution in [0.25, 0.3) is 11.0 Å². The number of aromatic nitrogens is 3. The van der Waals surface area contributed by atoms with Crippen molar-refractivity contribution in [2.24, 2.45) is 7.05 Å². The second-order valence-electron chi connectivity index (χ2n) is 6.09. The molecule has 0 saturated heterocycles. The van der Waals surface area contributed by atoms with Crippen LogP contribution in [0.5, 0.6) is 0 Å². The number of fused-ring (bicyclic) bond motifs is 1. The van der Waals surface area contributed by atoms with Crippen LogP contribution < -0.4 is 5.32 Å². The van der Waals surface area contributed by atoms with Crippen molar-refractivity contribution < 1.29 is 14.6 Å². The third-order valence-corrected chi connectivity index (χ3v) is 4.60. The number of ether oxygens (including phenoxy) is 1. The molecule has 1 unspecified atom stereocenters. The number of carbonyl (C=O) groups is 1. The largest absolute Gasteiger partial charge is 0.462 e. The Bertz CT molecular complexity index is 986. The first-order valence-corrected chi connectivity index (χ1v) is 8.97. The van der Waals surface area contributed by atoms with E-state index in [4.69, 9.17) is 16.3 Å². The first kappa shape index (κ1) is 19.1. The van der Waals surface area contributed by atoms with Gasteiger partial charge in [0.1, 0.15) is 5.56 Å². The van der Waals surface area contributed by atoms with E-state index < -0.39 is 12.1 Å². The second kappa shape index (κ2) is 7.94. The zero-order valence-corrected chi connectivity index (χ0v) is 16.1. The number of hydrogen-bond donors (Lipinski definition) is 2. The Morgan fingerprint density at radius 2 is 2.15 bits per heavy atom. The average molecular weight is 389 g/mol. The fourth-order valence-electron chi connectivity index (χ4n) is 3.01. The maximum absolute atomic E-state index is 12.4. The van der Waals surface area contributed by atoms with Crippen molar-refractivity contribution in [3.63, 3.8) is 0 Å². The number of benzene rings is 1. The van der Waals surface area contributed by atoms with E-state index in [1.165, 1.54) is 6.20 Å². The minimum Gasteiger partial charge on any atom is -0.462 e. The molecule has 0 amide bonds. The maximum atomic E-state index is 12.4. The van der Waals surface area contributed by atoms with Gasteiger partial charge in [-0.3, -0.25) is 4.68 Å². The Hall–Kier alpha value is -2.64. The Labute approximate surface area is 161 Å². The summed E-state index contributed by atoms with van der Waals surface area (Å²) in [7, 11) is 1.79. The van der Waals surface area contributed by atoms with Crippen LogP contribution in [0.4, 0.5) is 5.69 Å². The number of nitrogens with zero attached hydrogens (tertiary/aromatic N) is 3. The van der Waals surface area contributed by atoms with E-state index in [0.29, 0.717) is 27.5 Å². The fraction of sp³-hybridized carbons (Fsp3) is 0.316. The van der Waals surface area contributed by atoms with Crippen LogP contribution in [0.3, 0.4) is 0 Å². The van der Waals surface area contributed by atoms with Crippen molar-refractivity contribution in [3.8, 4) is 0 Å². The van der Waals surface area contributed by atoms with Gasteiger partial charge < -0.3 is 15.2 Å². The third-order valence-electron chi connectivity index (χ3n) is 4.26. The number of esters is 1. The van der Waals surface area contributed by atoms with Crippen LogP contribution in [-0.2, 0) is 11.8 Å². The molecule has 3 aromatic rings. The standard InChI is InChI=1S/C19H21ClN4O3/c1-4-27-19(26)13-9-22-18-16(11(2)23-24(18)3)17(13)21-10-15(25)12-7-5-6-8-14(12)20/h5-9,15,25H,4,10H2,1-3H3,(H,21,22). The minimum atomic E-state index is -0.853. The van der Waals surface area contributed by atoms with E-state index in [9.17, 15) is 9.90 Å². The molecular weight excluding hydrogens is 368 g/mol. The number of rotatable bonds is 6. The summed E-state index contributed by atoms with van der Waals surface area (Å²) in [5.74, 6) is -0.482. The van der Waals surface area contributed by atoms with Crippen LogP contribution in [0.1, 0.15) is 34.6 Å². The summed E-state index contributed by atoms with van der Waals surface area (Å²) in [6.07, 6.45) is 0.611. The molecular formula is C19H21ClN4O3. The molecule has 8 heteroatoms. The molecule has 2 aromatic heterocycles. The summed E-state index contributed by atoms with van der Waals surface area (Å²) in [4.78, 5) is 16.7. The highest BCUT2D eigenvalue weighted by molar-refractivity contribution is 6.31. The minimum absolute atomic E-state index is 0.156. The lowest BCUT2D eigenvalue weighted by atomic mass is 10.1. The van der Waals surface area contributed by atoms with Crippen molar-refractivity contribution in [2.45, 2.75) is 20.0 Å². The molecule has 142 valence electrons. The monoisotopic (exact) mass is 388 g/mol. The van der Waals surface area contributed by atoms with Gasteiger partial charge in [-0.25, -0.2) is 9.78 Å². The lowest BCUT2D eigenvalue weighted by Crippen LogP contribution is -2.16. The first-order chi connectivity index (χ1) is 12.9. The molecule has 2 heterocycles. The molecule has 7 nitrogen and oxygen atoms in total. The lowest BCUT2D eigenvalue weighted by Gasteiger charge is -2.17. The smallest absolute Gasteiger partial charge is 0.341 e. The lowest BCUT2D eigenvalue weighted by molar-refractivity contribution is 0.0527. The molecule has 0 fully saturated rings. The highest BCUT2D eigenvalue weighted by atomic mass is 35.5. The van der Waals surface area contributed by atoms with Crippen LogP contribution in [-0.4, -0.2) is 39.0 Å². The predicted octanol–water partition coefficient (Wildman–Crippen LogP) is 3.25. The number of anilines is 1. The van der Waals surface area contributed by atoms with Crippen LogP contribution >= 0.6 is 11.6 Å². The van der Waals surface area contributed by atoms with Gasteiger partial charge in [0.25, 0.3) is 0 Å². The SMILES string of the molecule is CCOC(=O)c1cnc2c(c(C)nn2C)c1NCC(O)c1ccccc1Cl. The van der Waals surface area contributed by atoms with Gasteiger partial charge in [0.05, 0.1) is 29.5 Å². The van der Waals surface area contributed by atoms with E-state index in [2.05, 4.69) is 15.4 Å². The first-order valence-electron chi connectivity index (χ1n) is 8.59. The molecule has 0 spiro atoms. The highest BCUT2D eigenvalue weighted by Crippen LogP contribution is 2.30. The Balaban J connectivity index is 1.99. The predicted molar refractivity (Wildman–Crippen MR) is 104 cm³/mol. The zero-order valence-electron chi connectivity index (χ0n) is 15.4. The number of pyridine rings is 1. The third kappa shape index (κ3) is 3.74. The summed E-state index contributed by atoms with van der Waals surface area (Å²) in [6, 6.07) is 7.10. The molecule has 0 bridgehead atoms. The van der Waals surface area contributed by atoms with E-state index in [1.54, 1.807) is 36.9 Å². The number of nitrogens with one attached hydrogen (secondary N) is 1. The Kier molecular flexibility index (Phi) is 5.62. The van der Waals surface area contributed by atoms with Crippen LogP contribution in [0.15, 0.2) is 30.5 Å². The summed E-state index contributed by atoms with van der Waals surface area (Å²) in [5.41, 5.74) is 2.80. The summed E-state index contributed by atoms with van der Waals surface area (Å²) in [5, 5.41) is 19.3. The molecule has 3 rings (SSSR count). The van der Waals surface area contributed by atoms with Gasteiger partial charge in [-0.2, -0.15) is 5.10 Å².